The van der Waals surface area contributed by atoms with Gasteiger partial charge in [0, 0.05) is 37.1 Å². The molecule has 35 heavy (non-hydrogen) atoms. The zero-order valence-corrected chi connectivity index (χ0v) is 19.7. The molecular weight excluding hydrogens is 428 g/mol. The lowest BCUT2D eigenvalue weighted by Gasteiger charge is -2.40. The molecule has 6 rings (SSSR count). The summed E-state index contributed by atoms with van der Waals surface area (Å²) in [5.41, 5.74) is 4.72. The van der Waals surface area contributed by atoms with Gasteiger partial charge in [0.25, 0.3) is 0 Å². The maximum atomic E-state index is 5.08. The van der Waals surface area contributed by atoms with Crippen LogP contribution in [0.5, 0.6) is 0 Å². The van der Waals surface area contributed by atoms with Crippen molar-refractivity contribution in [3.63, 3.8) is 0 Å². The topological polar surface area (TPSA) is 32.3 Å². The second kappa shape index (κ2) is 9.69. The summed E-state index contributed by atoms with van der Waals surface area (Å²) < 4.78 is 0. The third-order valence-electron chi connectivity index (χ3n) is 6.82. The normalized spacial score (nSPS) is 14.5. The molecule has 4 nitrogen and oxygen atoms in total. The second-order valence-corrected chi connectivity index (χ2v) is 9.00. The monoisotopic (exact) mass is 456 g/mol. The molecule has 0 atom stereocenters. The predicted molar refractivity (Wildman–Crippen MR) is 143 cm³/mol. The molecule has 4 heteroatoms. The summed E-state index contributed by atoms with van der Waals surface area (Å²) >= 11 is 0. The highest BCUT2D eigenvalue weighted by molar-refractivity contribution is 5.91. The Morgan fingerprint density at radius 3 is 1.71 bits per heavy atom. The van der Waals surface area contributed by atoms with Crippen LogP contribution in [0.4, 0.5) is 5.82 Å². The van der Waals surface area contributed by atoms with Gasteiger partial charge in [0.15, 0.2) is 5.82 Å². The molecule has 1 aromatic heterocycles. The highest BCUT2D eigenvalue weighted by Gasteiger charge is 2.27. The highest BCUT2D eigenvalue weighted by atomic mass is 15.3. The van der Waals surface area contributed by atoms with Crippen LogP contribution in [-0.2, 0) is 0 Å². The van der Waals surface area contributed by atoms with Crippen molar-refractivity contribution in [1.82, 2.24) is 14.9 Å². The lowest BCUT2D eigenvalue weighted by atomic mass is 9.96. The summed E-state index contributed by atoms with van der Waals surface area (Å²) in [6, 6.07) is 40.6. The Hall–Kier alpha value is -4.02. The number of piperazine rings is 1. The van der Waals surface area contributed by atoms with Crippen molar-refractivity contribution < 1.29 is 0 Å². The molecule has 0 bridgehead atoms. The first kappa shape index (κ1) is 21.5. The number of rotatable bonds is 5. The van der Waals surface area contributed by atoms with Crippen LogP contribution in [-0.4, -0.2) is 41.0 Å². The summed E-state index contributed by atoms with van der Waals surface area (Å²) in [4.78, 5) is 15.0. The Labute approximate surface area is 206 Å². The molecule has 1 aliphatic rings. The average Bonchev–Trinajstić information content (AvgIpc) is 2.95. The molecule has 0 amide bonds. The molecule has 0 N–H and O–H groups in total. The van der Waals surface area contributed by atoms with Gasteiger partial charge in [-0.15, -0.1) is 0 Å². The van der Waals surface area contributed by atoms with Crippen molar-refractivity contribution in [3.8, 4) is 11.4 Å². The van der Waals surface area contributed by atoms with Crippen LogP contribution in [0.3, 0.4) is 0 Å². The van der Waals surface area contributed by atoms with E-state index < -0.39 is 0 Å². The first-order valence-electron chi connectivity index (χ1n) is 12.3. The van der Waals surface area contributed by atoms with Crippen molar-refractivity contribution >= 4 is 16.7 Å². The second-order valence-electron chi connectivity index (χ2n) is 9.00. The van der Waals surface area contributed by atoms with Gasteiger partial charge >= 0.3 is 0 Å². The molecule has 1 saturated heterocycles. The van der Waals surface area contributed by atoms with Gasteiger partial charge < -0.3 is 4.90 Å². The van der Waals surface area contributed by atoms with Gasteiger partial charge in [0.05, 0.1) is 11.6 Å². The fraction of sp³-hybridized carbons (Fsp3) is 0.161. The lowest BCUT2D eigenvalue weighted by molar-refractivity contribution is 0.212. The van der Waals surface area contributed by atoms with E-state index in [1.54, 1.807) is 0 Å². The lowest BCUT2D eigenvalue weighted by Crippen LogP contribution is -2.48. The SMILES string of the molecule is c1ccc(-c2nc(N3CCN(C(c4ccccc4)c4ccccc4)CC3)c3ccccc3n2)cc1. The molecule has 2 heterocycles. The summed E-state index contributed by atoms with van der Waals surface area (Å²) in [7, 11) is 0. The molecule has 0 unspecified atom stereocenters. The summed E-state index contributed by atoms with van der Waals surface area (Å²) in [5.74, 6) is 1.82. The zero-order valence-electron chi connectivity index (χ0n) is 19.7. The van der Waals surface area contributed by atoms with Crippen LogP contribution in [0.25, 0.3) is 22.3 Å². The van der Waals surface area contributed by atoms with E-state index in [-0.39, 0.29) is 6.04 Å². The van der Waals surface area contributed by atoms with E-state index in [0.29, 0.717) is 0 Å². The fourth-order valence-corrected chi connectivity index (χ4v) is 5.09. The molecule has 0 spiro atoms. The minimum absolute atomic E-state index is 0.251. The molecule has 5 aromatic rings. The Morgan fingerprint density at radius 2 is 1.09 bits per heavy atom. The largest absolute Gasteiger partial charge is 0.353 e. The van der Waals surface area contributed by atoms with E-state index in [0.717, 1.165) is 54.3 Å². The number of benzene rings is 4. The molecule has 0 radical (unpaired) electrons. The number of anilines is 1. The van der Waals surface area contributed by atoms with Gasteiger partial charge in [-0.2, -0.15) is 0 Å². The molecule has 0 aliphatic carbocycles. The fourth-order valence-electron chi connectivity index (χ4n) is 5.09. The van der Waals surface area contributed by atoms with Crippen LogP contribution >= 0.6 is 0 Å². The van der Waals surface area contributed by atoms with Crippen molar-refractivity contribution in [3.05, 3.63) is 126 Å². The van der Waals surface area contributed by atoms with E-state index in [4.69, 9.17) is 9.97 Å². The molecule has 1 fully saturated rings. The van der Waals surface area contributed by atoms with Crippen LogP contribution in [0.2, 0.25) is 0 Å². The number of para-hydroxylation sites is 1. The average molecular weight is 457 g/mol. The zero-order chi connectivity index (χ0) is 23.5. The Bertz CT molecular complexity index is 1360. The number of nitrogens with zero attached hydrogens (tertiary/aromatic N) is 4. The van der Waals surface area contributed by atoms with Gasteiger partial charge in [-0.3, -0.25) is 4.90 Å². The van der Waals surface area contributed by atoms with Crippen LogP contribution < -0.4 is 4.90 Å². The summed E-state index contributed by atoms with van der Waals surface area (Å²) in [6.45, 7) is 3.78. The minimum atomic E-state index is 0.251. The smallest absolute Gasteiger partial charge is 0.162 e. The Kier molecular flexibility index (Phi) is 5.95. The predicted octanol–water partition coefficient (Wildman–Crippen LogP) is 6.21. The molecular formula is C31H28N4. The number of hydrogen-bond donors (Lipinski definition) is 0. The van der Waals surface area contributed by atoms with Gasteiger partial charge in [-0.25, -0.2) is 9.97 Å². The van der Waals surface area contributed by atoms with E-state index in [9.17, 15) is 0 Å². The summed E-state index contributed by atoms with van der Waals surface area (Å²) in [6.07, 6.45) is 0. The van der Waals surface area contributed by atoms with Gasteiger partial charge in [-0.05, 0) is 23.3 Å². The third-order valence-corrected chi connectivity index (χ3v) is 6.82. The van der Waals surface area contributed by atoms with Crippen molar-refractivity contribution in [2.24, 2.45) is 0 Å². The quantitative estimate of drug-likeness (QED) is 0.315. The maximum Gasteiger partial charge on any atom is 0.162 e. The minimum Gasteiger partial charge on any atom is -0.353 e. The van der Waals surface area contributed by atoms with Crippen LogP contribution in [0.1, 0.15) is 17.2 Å². The van der Waals surface area contributed by atoms with E-state index in [1.165, 1.54) is 11.1 Å². The van der Waals surface area contributed by atoms with Gasteiger partial charge in [0.1, 0.15) is 5.82 Å². The van der Waals surface area contributed by atoms with E-state index in [1.807, 2.05) is 18.2 Å². The number of hydrogen-bond acceptors (Lipinski definition) is 4. The third kappa shape index (κ3) is 4.41. The Morgan fingerprint density at radius 1 is 0.543 bits per heavy atom. The standard InChI is InChI=1S/C31H28N4/c1-4-12-24(13-5-1)29(25-14-6-2-7-15-25)34-20-22-35(23-21-34)31-27-18-10-11-19-28(27)32-30(33-31)26-16-8-3-9-17-26/h1-19,29H,20-23H2. The Balaban J connectivity index is 1.31. The van der Waals surface area contributed by atoms with E-state index in [2.05, 4.69) is 107 Å². The summed E-state index contributed by atoms with van der Waals surface area (Å²) in [5, 5.41) is 1.11. The number of fused-ring (bicyclic) bond motifs is 1. The molecule has 0 saturated carbocycles. The van der Waals surface area contributed by atoms with Gasteiger partial charge in [0.2, 0.25) is 0 Å². The molecule has 4 aromatic carbocycles. The van der Waals surface area contributed by atoms with E-state index >= 15 is 0 Å². The first-order chi connectivity index (χ1) is 17.4. The number of aromatic nitrogens is 2. The molecule has 172 valence electrons. The van der Waals surface area contributed by atoms with Crippen molar-refractivity contribution in [2.45, 2.75) is 6.04 Å². The van der Waals surface area contributed by atoms with Crippen molar-refractivity contribution in [1.29, 1.82) is 0 Å². The molecule has 1 aliphatic heterocycles. The van der Waals surface area contributed by atoms with Crippen LogP contribution in [0, 0.1) is 0 Å². The first-order valence-corrected chi connectivity index (χ1v) is 12.3. The van der Waals surface area contributed by atoms with Crippen molar-refractivity contribution in [2.75, 3.05) is 31.1 Å². The van der Waals surface area contributed by atoms with Gasteiger partial charge in [-0.1, -0.05) is 103 Å². The van der Waals surface area contributed by atoms with Crippen LogP contribution in [0.15, 0.2) is 115 Å². The maximum absolute atomic E-state index is 5.08. The highest BCUT2D eigenvalue weighted by Crippen LogP contribution is 2.32.